The maximum atomic E-state index is 12.4. The molecule has 1 aromatic carbocycles. The van der Waals surface area contributed by atoms with E-state index in [-0.39, 0.29) is 23.4 Å². The van der Waals surface area contributed by atoms with Crippen molar-refractivity contribution in [3.05, 3.63) is 29.3 Å². The van der Waals surface area contributed by atoms with Gasteiger partial charge >= 0.3 is 5.97 Å². The molecular formula is C16H16N2O3S2. The molecule has 0 bridgehead atoms. The maximum Gasteiger partial charge on any atom is 0.330 e. The van der Waals surface area contributed by atoms with E-state index >= 15 is 0 Å². The fraction of sp³-hybridized carbons (Fsp3) is 0.438. The first kappa shape index (κ1) is 15.0. The van der Waals surface area contributed by atoms with Crippen molar-refractivity contribution in [3.8, 4) is 0 Å². The first-order chi connectivity index (χ1) is 11.1. The van der Waals surface area contributed by atoms with Gasteiger partial charge in [-0.2, -0.15) is 0 Å². The standard InChI is InChI=1S/C16H16N2O3S2/c1-16-7-6-14(19)18(16)11(9-22-16)15(20)21-8-13-17-10-4-2-3-5-12(10)23-13/h2-5,11H,6-9H2,1H3. The Kier molecular flexibility index (Phi) is 3.57. The van der Waals surface area contributed by atoms with Crippen LogP contribution >= 0.6 is 23.1 Å². The van der Waals surface area contributed by atoms with Crippen LogP contribution < -0.4 is 0 Å². The van der Waals surface area contributed by atoms with Gasteiger partial charge in [-0.3, -0.25) is 4.79 Å². The number of benzene rings is 1. The number of aromatic nitrogens is 1. The van der Waals surface area contributed by atoms with E-state index in [0.717, 1.165) is 21.6 Å². The van der Waals surface area contributed by atoms with Crippen molar-refractivity contribution in [2.45, 2.75) is 37.3 Å². The largest absolute Gasteiger partial charge is 0.457 e. The molecule has 120 valence electrons. The summed E-state index contributed by atoms with van der Waals surface area (Å²) in [5, 5.41) is 0.778. The van der Waals surface area contributed by atoms with Gasteiger partial charge in [0.1, 0.15) is 17.7 Å². The lowest BCUT2D eigenvalue weighted by atomic mass is 10.2. The molecule has 2 aromatic rings. The molecule has 2 atom stereocenters. The molecule has 2 saturated heterocycles. The third kappa shape index (κ3) is 2.52. The van der Waals surface area contributed by atoms with Gasteiger partial charge in [-0.05, 0) is 25.5 Å². The minimum atomic E-state index is -0.464. The predicted octanol–water partition coefficient (Wildman–Crippen LogP) is 2.79. The SMILES string of the molecule is CC12CCC(=O)N1C(C(=O)OCc1nc3ccccc3s1)CS2. The highest BCUT2D eigenvalue weighted by Crippen LogP contribution is 2.47. The van der Waals surface area contributed by atoms with Gasteiger partial charge in [0.05, 0.1) is 15.1 Å². The van der Waals surface area contributed by atoms with Crippen LogP contribution in [0.4, 0.5) is 0 Å². The van der Waals surface area contributed by atoms with E-state index in [9.17, 15) is 9.59 Å². The maximum absolute atomic E-state index is 12.4. The van der Waals surface area contributed by atoms with Gasteiger partial charge in [0, 0.05) is 12.2 Å². The summed E-state index contributed by atoms with van der Waals surface area (Å²) in [5.41, 5.74) is 0.919. The lowest BCUT2D eigenvalue weighted by Gasteiger charge is -2.29. The van der Waals surface area contributed by atoms with E-state index in [1.54, 1.807) is 16.7 Å². The summed E-state index contributed by atoms with van der Waals surface area (Å²) in [5.74, 6) is 0.344. The summed E-state index contributed by atoms with van der Waals surface area (Å²) in [7, 11) is 0. The molecule has 7 heteroatoms. The predicted molar refractivity (Wildman–Crippen MR) is 90.1 cm³/mol. The number of hydrogen-bond acceptors (Lipinski definition) is 6. The molecule has 0 spiro atoms. The molecule has 4 rings (SSSR count). The van der Waals surface area contributed by atoms with Crippen LogP contribution in [0.15, 0.2) is 24.3 Å². The van der Waals surface area contributed by atoms with Crippen LogP contribution in [0.25, 0.3) is 10.2 Å². The number of para-hydroxylation sites is 1. The third-order valence-electron chi connectivity index (χ3n) is 4.39. The summed E-state index contributed by atoms with van der Waals surface area (Å²) in [6.07, 6.45) is 1.32. The quantitative estimate of drug-likeness (QED) is 0.798. The lowest BCUT2D eigenvalue weighted by Crippen LogP contribution is -2.46. The average Bonchev–Trinajstić information content (AvgIpc) is 3.18. The molecule has 0 saturated carbocycles. The number of rotatable bonds is 3. The Hall–Kier alpha value is -1.60. The van der Waals surface area contributed by atoms with Crippen molar-refractivity contribution in [1.82, 2.24) is 9.88 Å². The first-order valence-corrected chi connectivity index (χ1v) is 9.34. The first-order valence-electron chi connectivity index (χ1n) is 7.54. The normalized spacial score (nSPS) is 26.7. The number of esters is 1. The van der Waals surface area contributed by atoms with Crippen molar-refractivity contribution >= 4 is 45.2 Å². The van der Waals surface area contributed by atoms with Crippen LogP contribution in [0.1, 0.15) is 24.8 Å². The topological polar surface area (TPSA) is 59.5 Å². The molecule has 3 heterocycles. The Morgan fingerprint density at radius 3 is 3.13 bits per heavy atom. The molecule has 23 heavy (non-hydrogen) atoms. The highest BCUT2D eigenvalue weighted by Gasteiger charge is 2.53. The van der Waals surface area contributed by atoms with E-state index in [4.69, 9.17) is 4.74 Å². The number of carbonyl (C=O) groups excluding carboxylic acids is 2. The number of thiazole rings is 1. The summed E-state index contributed by atoms with van der Waals surface area (Å²) >= 11 is 3.20. The zero-order valence-electron chi connectivity index (χ0n) is 12.7. The Morgan fingerprint density at radius 1 is 1.48 bits per heavy atom. The minimum absolute atomic E-state index is 0.0550. The second kappa shape index (κ2) is 5.49. The summed E-state index contributed by atoms with van der Waals surface area (Å²) < 4.78 is 6.53. The van der Waals surface area contributed by atoms with E-state index in [1.165, 1.54) is 11.3 Å². The average molecular weight is 348 g/mol. The van der Waals surface area contributed by atoms with Crippen molar-refractivity contribution in [2.24, 2.45) is 0 Å². The monoisotopic (exact) mass is 348 g/mol. The van der Waals surface area contributed by atoms with Gasteiger partial charge in [-0.15, -0.1) is 23.1 Å². The molecule has 1 amide bonds. The molecule has 2 fully saturated rings. The third-order valence-corrected chi connectivity index (χ3v) is 6.91. The van der Waals surface area contributed by atoms with Crippen molar-refractivity contribution in [2.75, 3.05) is 5.75 Å². The van der Waals surface area contributed by atoms with E-state index in [0.29, 0.717) is 12.2 Å². The van der Waals surface area contributed by atoms with Crippen LogP contribution in [-0.4, -0.2) is 38.4 Å². The Balaban J connectivity index is 1.45. The molecule has 0 aliphatic carbocycles. The molecule has 1 aromatic heterocycles. The zero-order valence-corrected chi connectivity index (χ0v) is 14.3. The molecule has 0 radical (unpaired) electrons. The van der Waals surface area contributed by atoms with Crippen LogP contribution in [0.5, 0.6) is 0 Å². The van der Waals surface area contributed by atoms with Gasteiger partial charge < -0.3 is 9.64 Å². The Labute approximate surface area is 142 Å². The Morgan fingerprint density at radius 2 is 2.30 bits per heavy atom. The fourth-order valence-electron chi connectivity index (χ4n) is 3.21. The zero-order chi connectivity index (χ0) is 16.0. The number of carbonyl (C=O) groups is 2. The molecule has 5 nitrogen and oxygen atoms in total. The number of thioether (sulfide) groups is 1. The Bertz CT molecular complexity index is 757. The number of amides is 1. The van der Waals surface area contributed by atoms with Crippen LogP contribution in [0.3, 0.4) is 0 Å². The lowest BCUT2D eigenvalue weighted by molar-refractivity contribution is -0.154. The second-order valence-corrected chi connectivity index (χ2v) is 8.57. The fourth-order valence-corrected chi connectivity index (χ4v) is 5.50. The van der Waals surface area contributed by atoms with E-state index < -0.39 is 6.04 Å². The van der Waals surface area contributed by atoms with E-state index in [1.807, 2.05) is 31.2 Å². The van der Waals surface area contributed by atoms with Gasteiger partial charge in [0.2, 0.25) is 5.91 Å². The smallest absolute Gasteiger partial charge is 0.330 e. The molecule has 0 N–H and O–H groups in total. The number of hydrogen-bond donors (Lipinski definition) is 0. The molecule has 2 aliphatic rings. The summed E-state index contributed by atoms with van der Waals surface area (Å²) in [6.45, 7) is 2.20. The van der Waals surface area contributed by atoms with Gasteiger partial charge in [-0.1, -0.05) is 12.1 Å². The number of nitrogens with zero attached hydrogens (tertiary/aromatic N) is 2. The molecule has 2 aliphatic heterocycles. The highest BCUT2D eigenvalue weighted by atomic mass is 32.2. The van der Waals surface area contributed by atoms with Crippen LogP contribution in [0, 0.1) is 0 Å². The van der Waals surface area contributed by atoms with Gasteiger partial charge in [0.25, 0.3) is 0 Å². The minimum Gasteiger partial charge on any atom is -0.457 e. The summed E-state index contributed by atoms with van der Waals surface area (Å²) in [6, 6.07) is 7.38. The van der Waals surface area contributed by atoms with Crippen LogP contribution in [0.2, 0.25) is 0 Å². The highest BCUT2D eigenvalue weighted by molar-refractivity contribution is 8.01. The van der Waals surface area contributed by atoms with Crippen molar-refractivity contribution < 1.29 is 14.3 Å². The van der Waals surface area contributed by atoms with E-state index in [2.05, 4.69) is 4.98 Å². The number of fused-ring (bicyclic) bond motifs is 2. The second-order valence-electron chi connectivity index (χ2n) is 5.95. The number of ether oxygens (including phenoxy) is 1. The summed E-state index contributed by atoms with van der Waals surface area (Å²) in [4.78, 5) is 30.4. The van der Waals surface area contributed by atoms with Gasteiger partial charge in [-0.25, -0.2) is 9.78 Å². The molecular weight excluding hydrogens is 332 g/mol. The molecule has 2 unspecified atom stereocenters. The van der Waals surface area contributed by atoms with Crippen molar-refractivity contribution in [3.63, 3.8) is 0 Å². The van der Waals surface area contributed by atoms with Gasteiger partial charge in [0.15, 0.2) is 0 Å². The van der Waals surface area contributed by atoms with Crippen molar-refractivity contribution in [1.29, 1.82) is 0 Å². The van der Waals surface area contributed by atoms with Crippen LogP contribution in [-0.2, 0) is 20.9 Å².